The molecular formula is C18H17N3O3S2. The zero-order chi connectivity index (χ0) is 18.1. The van der Waals surface area contributed by atoms with E-state index in [-0.39, 0.29) is 11.8 Å². The van der Waals surface area contributed by atoms with Gasteiger partial charge in [-0.05, 0) is 24.4 Å². The number of aromatic nitrogens is 1. The van der Waals surface area contributed by atoms with Gasteiger partial charge in [0.05, 0.1) is 17.5 Å². The monoisotopic (exact) mass is 387 g/mol. The van der Waals surface area contributed by atoms with E-state index in [1.165, 1.54) is 23.9 Å². The third-order valence-corrected chi connectivity index (χ3v) is 6.26. The maximum absolute atomic E-state index is 12.9. The third-order valence-electron chi connectivity index (χ3n) is 4.38. The van der Waals surface area contributed by atoms with Crippen molar-refractivity contribution >= 4 is 34.5 Å². The molecule has 1 fully saturated rings. The van der Waals surface area contributed by atoms with Crippen molar-refractivity contribution in [1.29, 1.82) is 0 Å². The number of hydrogen-bond donors (Lipinski definition) is 0. The van der Waals surface area contributed by atoms with Crippen molar-refractivity contribution in [2.75, 3.05) is 26.2 Å². The van der Waals surface area contributed by atoms with Gasteiger partial charge < -0.3 is 14.2 Å². The van der Waals surface area contributed by atoms with Crippen LogP contribution in [0.1, 0.15) is 25.7 Å². The lowest BCUT2D eigenvalue weighted by atomic mass is 10.2. The van der Waals surface area contributed by atoms with Crippen LogP contribution >= 0.6 is 22.7 Å². The SMILES string of the molecule is Cc1nc(-c2ccsc2)sc1C(=O)N1CCN(C(=O)c2ccoc2)CC1. The van der Waals surface area contributed by atoms with E-state index < -0.39 is 0 Å². The van der Waals surface area contributed by atoms with Crippen molar-refractivity contribution in [3.8, 4) is 10.6 Å². The van der Waals surface area contributed by atoms with Crippen LogP contribution < -0.4 is 0 Å². The largest absolute Gasteiger partial charge is 0.472 e. The molecule has 3 aromatic rings. The van der Waals surface area contributed by atoms with E-state index in [1.54, 1.807) is 27.2 Å². The molecule has 0 saturated carbocycles. The number of amides is 2. The Morgan fingerprint density at radius 3 is 2.46 bits per heavy atom. The smallest absolute Gasteiger partial charge is 0.265 e. The van der Waals surface area contributed by atoms with Crippen LogP contribution in [0.4, 0.5) is 0 Å². The topological polar surface area (TPSA) is 66.7 Å². The van der Waals surface area contributed by atoms with Crippen molar-refractivity contribution in [3.63, 3.8) is 0 Å². The van der Waals surface area contributed by atoms with E-state index in [1.807, 2.05) is 23.8 Å². The molecule has 0 spiro atoms. The summed E-state index contributed by atoms with van der Waals surface area (Å²) in [6.07, 6.45) is 2.94. The fraction of sp³-hybridized carbons (Fsp3) is 0.278. The highest BCUT2D eigenvalue weighted by Crippen LogP contribution is 2.30. The predicted molar refractivity (Wildman–Crippen MR) is 101 cm³/mol. The van der Waals surface area contributed by atoms with Crippen LogP contribution in [0.3, 0.4) is 0 Å². The Labute approximate surface area is 158 Å². The first-order valence-electron chi connectivity index (χ1n) is 8.24. The van der Waals surface area contributed by atoms with Gasteiger partial charge in [-0.3, -0.25) is 9.59 Å². The van der Waals surface area contributed by atoms with E-state index in [0.29, 0.717) is 36.6 Å². The molecule has 0 N–H and O–H groups in total. The highest BCUT2D eigenvalue weighted by molar-refractivity contribution is 7.17. The standard InChI is InChI=1S/C18H17N3O3S2/c1-12-15(26-16(19-12)14-3-9-25-11-14)18(23)21-6-4-20(5-7-21)17(22)13-2-8-24-10-13/h2-3,8-11H,4-7H2,1H3. The second-order valence-electron chi connectivity index (χ2n) is 6.04. The van der Waals surface area contributed by atoms with Gasteiger partial charge in [0.2, 0.25) is 0 Å². The number of thiophene rings is 1. The Bertz CT molecular complexity index is 908. The first kappa shape index (κ1) is 17.0. The minimum Gasteiger partial charge on any atom is -0.472 e. The molecule has 6 nitrogen and oxygen atoms in total. The molecule has 1 aliphatic heterocycles. The van der Waals surface area contributed by atoms with Crippen LogP contribution in [0, 0.1) is 6.92 Å². The van der Waals surface area contributed by atoms with Crippen molar-refractivity contribution in [2.24, 2.45) is 0 Å². The molecule has 26 heavy (non-hydrogen) atoms. The van der Waals surface area contributed by atoms with Crippen LogP contribution in [-0.2, 0) is 0 Å². The fourth-order valence-corrected chi connectivity index (χ4v) is 4.68. The molecule has 4 rings (SSSR count). The number of carbonyl (C=O) groups is 2. The minimum atomic E-state index is -0.0560. The van der Waals surface area contributed by atoms with Gasteiger partial charge in [-0.15, -0.1) is 11.3 Å². The normalized spacial score (nSPS) is 14.7. The summed E-state index contributed by atoms with van der Waals surface area (Å²) in [5.74, 6) is -0.0588. The quantitative estimate of drug-likeness (QED) is 0.691. The predicted octanol–water partition coefficient (Wildman–Crippen LogP) is 3.37. The lowest BCUT2D eigenvalue weighted by Gasteiger charge is -2.34. The van der Waals surface area contributed by atoms with E-state index in [9.17, 15) is 9.59 Å². The highest BCUT2D eigenvalue weighted by atomic mass is 32.1. The second-order valence-corrected chi connectivity index (χ2v) is 7.82. The van der Waals surface area contributed by atoms with Gasteiger partial charge in [-0.1, -0.05) is 0 Å². The van der Waals surface area contributed by atoms with Crippen LogP contribution in [0.25, 0.3) is 10.6 Å². The van der Waals surface area contributed by atoms with Crippen LogP contribution in [0.5, 0.6) is 0 Å². The summed E-state index contributed by atoms with van der Waals surface area (Å²) < 4.78 is 4.97. The molecule has 0 atom stereocenters. The fourth-order valence-electron chi connectivity index (χ4n) is 2.93. The summed E-state index contributed by atoms with van der Waals surface area (Å²) in [6, 6.07) is 3.67. The first-order chi connectivity index (χ1) is 12.6. The zero-order valence-corrected chi connectivity index (χ0v) is 15.8. The number of aryl methyl sites for hydroxylation is 1. The molecule has 1 aliphatic rings. The Hall–Kier alpha value is -2.45. The average molecular weight is 387 g/mol. The van der Waals surface area contributed by atoms with Crippen LogP contribution in [0.15, 0.2) is 39.8 Å². The molecule has 0 radical (unpaired) electrons. The molecule has 3 aromatic heterocycles. The van der Waals surface area contributed by atoms with Crippen molar-refractivity contribution in [3.05, 3.63) is 51.6 Å². The van der Waals surface area contributed by atoms with E-state index in [4.69, 9.17) is 4.42 Å². The Kier molecular flexibility index (Phi) is 4.60. The van der Waals surface area contributed by atoms with Crippen LogP contribution in [-0.4, -0.2) is 52.8 Å². The number of hydrogen-bond acceptors (Lipinski definition) is 6. The van der Waals surface area contributed by atoms with Gasteiger partial charge in [0.1, 0.15) is 16.1 Å². The number of rotatable bonds is 3. The lowest BCUT2D eigenvalue weighted by molar-refractivity contribution is 0.0537. The molecule has 134 valence electrons. The molecule has 0 unspecified atom stereocenters. The van der Waals surface area contributed by atoms with Gasteiger partial charge in [0.15, 0.2) is 0 Å². The Morgan fingerprint density at radius 2 is 1.85 bits per heavy atom. The summed E-state index contributed by atoms with van der Waals surface area (Å²) in [4.78, 5) is 34.0. The minimum absolute atomic E-state index is 0.00288. The average Bonchev–Trinajstić information content (AvgIpc) is 3.41. The van der Waals surface area contributed by atoms with Crippen molar-refractivity contribution < 1.29 is 14.0 Å². The number of furan rings is 1. The maximum atomic E-state index is 12.9. The zero-order valence-electron chi connectivity index (χ0n) is 14.2. The molecule has 8 heteroatoms. The number of piperazine rings is 1. The van der Waals surface area contributed by atoms with E-state index in [2.05, 4.69) is 4.98 Å². The highest BCUT2D eigenvalue weighted by Gasteiger charge is 2.28. The summed E-state index contributed by atoms with van der Waals surface area (Å²) in [6.45, 7) is 3.95. The summed E-state index contributed by atoms with van der Waals surface area (Å²) in [5, 5.41) is 4.91. The second kappa shape index (κ2) is 7.05. The van der Waals surface area contributed by atoms with Gasteiger partial charge in [0.25, 0.3) is 11.8 Å². The molecule has 0 aromatic carbocycles. The van der Waals surface area contributed by atoms with Crippen molar-refractivity contribution in [1.82, 2.24) is 14.8 Å². The number of nitrogens with zero attached hydrogens (tertiary/aromatic N) is 3. The van der Waals surface area contributed by atoms with Gasteiger partial charge in [-0.2, -0.15) is 11.3 Å². The van der Waals surface area contributed by atoms with Gasteiger partial charge >= 0.3 is 0 Å². The van der Waals surface area contributed by atoms with E-state index >= 15 is 0 Å². The summed E-state index contributed by atoms with van der Waals surface area (Å²) in [5.41, 5.74) is 2.36. The lowest BCUT2D eigenvalue weighted by Crippen LogP contribution is -2.50. The Morgan fingerprint density at radius 1 is 1.12 bits per heavy atom. The molecular weight excluding hydrogens is 370 g/mol. The first-order valence-corrected chi connectivity index (χ1v) is 10.00. The van der Waals surface area contributed by atoms with E-state index in [0.717, 1.165) is 16.3 Å². The third kappa shape index (κ3) is 3.17. The van der Waals surface area contributed by atoms with Gasteiger partial charge in [0, 0.05) is 37.1 Å². The van der Waals surface area contributed by atoms with Gasteiger partial charge in [-0.25, -0.2) is 4.98 Å². The number of carbonyl (C=O) groups excluding carboxylic acids is 2. The molecule has 1 saturated heterocycles. The van der Waals surface area contributed by atoms with Crippen LogP contribution in [0.2, 0.25) is 0 Å². The number of thiazole rings is 1. The molecule has 2 amide bonds. The maximum Gasteiger partial charge on any atom is 0.265 e. The molecule has 0 bridgehead atoms. The summed E-state index contributed by atoms with van der Waals surface area (Å²) in [7, 11) is 0. The van der Waals surface area contributed by atoms with Crippen molar-refractivity contribution in [2.45, 2.75) is 6.92 Å². The Balaban J connectivity index is 1.43. The summed E-state index contributed by atoms with van der Waals surface area (Å²) >= 11 is 3.05. The molecule has 4 heterocycles. The molecule has 0 aliphatic carbocycles.